The van der Waals surface area contributed by atoms with Crippen LogP contribution in [-0.4, -0.2) is 37.6 Å². The summed E-state index contributed by atoms with van der Waals surface area (Å²) in [6.45, 7) is 3.91. The molecule has 0 bridgehead atoms. The van der Waals surface area contributed by atoms with Crippen LogP contribution >= 0.6 is 0 Å². The summed E-state index contributed by atoms with van der Waals surface area (Å²) in [5, 5.41) is 0. The summed E-state index contributed by atoms with van der Waals surface area (Å²) < 4.78 is 1.94. The maximum Gasteiger partial charge on any atom is 0.138 e. The number of piperidine rings is 1. The topological polar surface area (TPSA) is 59.7 Å². The standard InChI is InChI=1S/C18H20N6/c1-14-20-8-7-18(21-14)23-10-3-4-15(12-23)16-5-2-6-17(22-16)24-11-9-19-13-24/h2,5-9,11,13,15H,3-4,10,12H2,1H3/t15-/m0/s1. The van der Waals surface area contributed by atoms with Gasteiger partial charge in [0.15, 0.2) is 0 Å². The van der Waals surface area contributed by atoms with Crippen molar-refractivity contribution < 1.29 is 0 Å². The van der Waals surface area contributed by atoms with Crippen LogP contribution in [-0.2, 0) is 0 Å². The summed E-state index contributed by atoms with van der Waals surface area (Å²) in [6.07, 6.45) is 9.60. The van der Waals surface area contributed by atoms with Gasteiger partial charge in [-0.2, -0.15) is 0 Å². The lowest BCUT2D eigenvalue weighted by Gasteiger charge is -2.33. The molecular weight excluding hydrogens is 300 g/mol. The number of anilines is 1. The Hall–Kier alpha value is -2.76. The molecule has 1 saturated heterocycles. The summed E-state index contributed by atoms with van der Waals surface area (Å²) in [4.78, 5) is 20.0. The highest BCUT2D eigenvalue weighted by atomic mass is 15.2. The minimum absolute atomic E-state index is 0.414. The van der Waals surface area contributed by atoms with Crippen molar-refractivity contribution in [3.63, 3.8) is 0 Å². The molecule has 1 atom stereocenters. The summed E-state index contributed by atoms with van der Waals surface area (Å²) >= 11 is 0. The lowest BCUT2D eigenvalue weighted by Crippen LogP contribution is -2.35. The minimum atomic E-state index is 0.414. The van der Waals surface area contributed by atoms with Crippen molar-refractivity contribution >= 4 is 5.82 Å². The van der Waals surface area contributed by atoms with E-state index in [2.05, 4.69) is 32.0 Å². The van der Waals surface area contributed by atoms with E-state index in [1.165, 1.54) is 0 Å². The molecule has 24 heavy (non-hydrogen) atoms. The van der Waals surface area contributed by atoms with Gasteiger partial charge in [-0.25, -0.2) is 19.9 Å². The van der Waals surface area contributed by atoms with Crippen molar-refractivity contribution in [3.8, 4) is 5.82 Å². The van der Waals surface area contributed by atoms with E-state index in [1.807, 2.05) is 36.0 Å². The van der Waals surface area contributed by atoms with Crippen LogP contribution in [0.5, 0.6) is 0 Å². The quantitative estimate of drug-likeness (QED) is 0.742. The van der Waals surface area contributed by atoms with Gasteiger partial charge in [-0.15, -0.1) is 0 Å². The molecule has 0 amide bonds. The Morgan fingerprint density at radius 1 is 1.08 bits per heavy atom. The number of nitrogens with zero attached hydrogens (tertiary/aromatic N) is 6. The van der Waals surface area contributed by atoms with Crippen molar-refractivity contribution in [2.75, 3.05) is 18.0 Å². The molecule has 0 unspecified atom stereocenters. The van der Waals surface area contributed by atoms with E-state index in [4.69, 9.17) is 4.98 Å². The van der Waals surface area contributed by atoms with Gasteiger partial charge >= 0.3 is 0 Å². The van der Waals surface area contributed by atoms with Crippen LogP contribution in [0.15, 0.2) is 49.2 Å². The second kappa shape index (κ2) is 6.39. The number of hydrogen-bond acceptors (Lipinski definition) is 5. The fourth-order valence-electron chi connectivity index (χ4n) is 3.25. The molecule has 0 aliphatic carbocycles. The number of aryl methyl sites for hydroxylation is 1. The molecule has 0 aromatic carbocycles. The Labute approximate surface area is 141 Å². The summed E-state index contributed by atoms with van der Waals surface area (Å²) in [7, 11) is 0. The number of hydrogen-bond donors (Lipinski definition) is 0. The van der Waals surface area contributed by atoms with Gasteiger partial charge in [0.25, 0.3) is 0 Å². The maximum absolute atomic E-state index is 4.85. The molecule has 3 aromatic rings. The summed E-state index contributed by atoms with van der Waals surface area (Å²) in [5.41, 5.74) is 1.14. The average Bonchev–Trinajstić information content (AvgIpc) is 3.17. The van der Waals surface area contributed by atoms with Crippen molar-refractivity contribution in [2.45, 2.75) is 25.7 Å². The lowest BCUT2D eigenvalue weighted by atomic mass is 9.94. The van der Waals surface area contributed by atoms with Crippen molar-refractivity contribution in [2.24, 2.45) is 0 Å². The Balaban J connectivity index is 1.57. The van der Waals surface area contributed by atoms with Crippen molar-refractivity contribution in [3.05, 3.63) is 60.7 Å². The third kappa shape index (κ3) is 2.99. The van der Waals surface area contributed by atoms with E-state index < -0.39 is 0 Å². The molecule has 6 nitrogen and oxygen atoms in total. The third-order valence-electron chi connectivity index (χ3n) is 4.45. The third-order valence-corrected chi connectivity index (χ3v) is 4.45. The minimum Gasteiger partial charge on any atom is -0.356 e. The number of imidazole rings is 1. The number of aromatic nitrogens is 5. The maximum atomic E-state index is 4.85. The number of rotatable bonds is 3. The SMILES string of the molecule is Cc1nccc(N2CCC[C@H](c3cccc(-n4ccnc4)n3)C2)n1. The van der Waals surface area contributed by atoms with Crippen LogP contribution < -0.4 is 4.90 Å². The zero-order valence-corrected chi connectivity index (χ0v) is 13.7. The molecule has 4 heterocycles. The molecule has 0 spiro atoms. The van der Waals surface area contributed by atoms with E-state index in [1.54, 1.807) is 12.5 Å². The monoisotopic (exact) mass is 320 g/mol. The number of pyridine rings is 1. The Morgan fingerprint density at radius 2 is 2.04 bits per heavy atom. The highest BCUT2D eigenvalue weighted by Crippen LogP contribution is 2.28. The van der Waals surface area contributed by atoms with Gasteiger partial charge in [-0.1, -0.05) is 6.07 Å². The normalized spacial score (nSPS) is 17.9. The van der Waals surface area contributed by atoms with Gasteiger partial charge in [0.05, 0.1) is 0 Å². The molecule has 1 aliphatic rings. The average molecular weight is 320 g/mol. The predicted octanol–water partition coefficient (Wildman–Crippen LogP) is 2.75. The first-order valence-corrected chi connectivity index (χ1v) is 8.29. The lowest BCUT2D eigenvalue weighted by molar-refractivity contribution is 0.497. The van der Waals surface area contributed by atoms with E-state index in [0.29, 0.717) is 5.92 Å². The van der Waals surface area contributed by atoms with E-state index in [9.17, 15) is 0 Å². The second-order valence-electron chi connectivity index (χ2n) is 6.14. The highest BCUT2D eigenvalue weighted by Gasteiger charge is 2.23. The largest absolute Gasteiger partial charge is 0.356 e. The molecule has 3 aromatic heterocycles. The van der Waals surface area contributed by atoms with Gasteiger partial charge in [0, 0.05) is 43.3 Å². The van der Waals surface area contributed by atoms with E-state index in [0.717, 1.165) is 49.1 Å². The Kier molecular flexibility index (Phi) is 3.94. The molecule has 122 valence electrons. The molecule has 4 rings (SSSR count). The van der Waals surface area contributed by atoms with Crippen LogP contribution in [0.25, 0.3) is 5.82 Å². The van der Waals surface area contributed by atoms with Crippen molar-refractivity contribution in [1.29, 1.82) is 0 Å². The van der Waals surface area contributed by atoms with Crippen LogP contribution in [0.3, 0.4) is 0 Å². The first kappa shape index (κ1) is 14.8. The van der Waals surface area contributed by atoms with Crippen LogP contribution in [0, 0.1) is 6.92 Å². The highest BCUT2D eigenvalue weighted by molar-refractivity contribution is 5.39. The smallest absolute Gasteiger partial charge is 0.138 e. The van der Waals surface area contributed by atoms with Crippen molar-refractivity contribution in [1.82, 2.24) is 24.5 Å². The molecule has 6 heteroatoms. The molecule has 0 N–H and O–H groups in total. The van der Waals surface area contributed by atoms with Gasteiger partial charge < -0.3 is 4.90 Å². The van der Waals surface area contributed by atoms with Crippen LogP contribution in [0.4, 0.5) is 5.82 Å². The first-order valence-electron chi connectivity index (χ1n) is 8.29. The van der Waals surface area contributed by atoms with Gasteiger partial charge in [-0.05, 0) is 38.0 Å². The zero-order valence-electron chi connectivity index (χ0n) is 13.7. The fraction of sp³-hybridized carbons (Fsp3) is 0.333. The molecule has 0 radical (unpaired) electrons. The van der Waals surface area contributed by atoms with E-state index in [-0.39, 0.29) is 0 Å². The Morgan fingerprint density at radius 3 is 2.88 bits per heavy atom. The van der Waals surface area contributed by atoms with Gasteiger partial charge in [-0.3, -0.25) is 4.57 Å². The fourth-order valence-corrected chi connectivity index (χ4v) is 3.25. The van der Waals surface area contributed by atoms with Gasteiger partial charge in [0.2, 0.25) is 0 Å². The van der Waals surface area contributed by atoms with Crippen LogP contribution in [0.1, 0.15) is 30.3 Å². The Bertz CT molecular complexity index is 814. The summed E-state index contributed by atoms with van der Waals surface area (Å²) in [6, 6.07) is 8.20. The molecular formula is C18H20N6. The summed E-state index contributed by atoms with van der Waals surface area (Å²) in [5.74, 6) is 3.16. The molecule has 0 saturated carbocycles. The second-order valence-corrected chi connectivity index (χ2v) is 6.14. The van der Waals surface area contributed by atoms with Crippen LogP contribution in [0.2, 0.25) is 0 Å². The zero-order chi connectivity index (χ0) is 16.4. The van der Waals surface area contributed by atoms with Gasteiger partial charge in [0.1, 0.15) is 23.8 Å². The predicted molar refractivity (Wildman–Crippen MR) is 92.3 cm³/mol. The van der Waals surface area contributed by atoms with E-state index >= 15 is 0 Å². The molecule has 1 aliphatic heterocycles. The molecule has 1 fully saturated rings. The first-order chi connectivity index (χ1) is 11.8.